The van der Waals surface area contributed by atoms with Crippen LogP contribution in [-0.2, 0) is 0 Å². The van der Waals surface area contributed by atoms with Gasteiger partial charge in [-0.05, 0) is 0 Å². The van der Waals surface area contributed by atoms with Crippen molar-refractivity contribution in [2.75, 3.05) is 38.1 Å². The van der Waals surface area contributed by atoms with Crippen molar-refractivity contribution in [1.82, 2.24) is 0 Å². The molecule has 0 saturated carbocycles. The van der Waals surface area contributed by atoms with Gasteiger partial charge in [0.2, 0.25) is 0 Å². The van der Waals surface area contributed by atoms with Crippen molar-refractivity contribution in [2.24, 2.45) is 0 Å². The number of halogens is 2. The van der Waals surface area contributed by atoms with Crippen molar-refractivity contribution in [3.05, 3.63) is 13.2 Å². The van der Waals surface area contributed by atoms with Crippen molar-refractivity contribution in [2.45, 2.75) is 0 Å². The lowest BCUT2D eigenvalue weighted by molar-refractivity contribution is -0.001000. The molecule has 0 radical (unpaired) electrons. The maximum Gasteiger partial charge on any atom is 0.156 e. The number of hydrogen-bond acceptors (Lipinski definition) is 6. The second-order valence-corrected chi connectivity index (χ2v) is 7.35. The second kappa shape index (κ2) is 30.7. The zero-order valence-electron chi connectivity index (χ0n) is 10.1. The Hall–Kier alpha value is 0.940. The van der Waals surface area contributed by atoms with Gasteiger partial charge in [0.25, 0.3) is 0 Å². The highest BCUT2D eigenvalue weighted by atomic mass is 35.5. The molecule has 10 heteroatoms. The molecular formula is C8H24Cl2O6P2. The molecule has 0 aliphatic rings. The zero-order valence-corrected chi connectivity index (χ0v) is 13.6. The van der Waals surface area contributed by atoms with Crippen molar-refractivity contribution in [3.63, 3.8) is 0 Å². The molecule has 0 aliphatic heterocycles. The van der Waals surface area contributed by atoms with E-state index in [1.54, 1.807) is 0 Å². The van der Waals surface area contributed by atoms with E-state index in [0.29, 0.717) is 0 Å². The lowest BCUT2D eigenvalue weighted by Gasteiger charge is -1.95. The summed E-state index contributed by atoms with van der Waals surface area (Å²) < 4.78 is 0. The molecule has 0 saturated heterocycles. The third kappa shape index (κ3) is 25.7. The summed E-state index contributed by atoms with van der Waals surface area (Å²) in [5.41, 5.74) is 0. The van der Waals surface area contributed by atoms with Crippen molar-refractivity contribution < 1.29 is 55.5 Å². The molecule has 0 aromatic rings. The van der Waals surface area contributed by atoms with Crippen LogP contribution >= 0.6 is 15.8 Å². The Labute approximate surface area is 123 Å². The van der Waals surface area contributed by atoms with Gasteiger partial charge in [-0.2, -0.15) is 0 Å². The lowest BCUT2D eigenvalue weighted by Crippen LogP contribution is -3.00. The van der Waals surface area contributed by atoms with E-state index in [0.717, 1.165) is 0 Å². The Morgan fingerprint density at radius 3 is 0.611 bits per heavy atom. The number of hydrogen-bond donors (Lipinski definition) is 6. The van der Waals surface area contributed by atoms with E-state index < -0.39 is 15.8 Å². The molecule has 6 nitrogen and oxygen atoms in total. The van der Waals surface area contributed by atoms with Crippen LogP contribution in [0.3, 0.4) is 0 Å². The van der Waals surface area contributed by atoms with Gasteiger partial charge in [0.05, 0.1) is 15.8 Å². The third-order valence-electron chi connectivity index (χ3n) is 1.34. The fourth-order valence-electron chi connectivity index (χ4n) is 0.300. The average Bonchev–Trinajstić information content (AvgIpc) is 2.37. The number of aliphatic hydroxyl groups is 6. The van der Waals surface area contributed by atoms with Gasteiger partial charge in [0, 0.05) is 0 Å². The van der Waals surface area contributed by atoms with Crippen LogP contribution in [0.2, 0.25) is 0 Å². The summed E-state index contributed by atoms with van der Waals surface area (Å²) in [5, 5.41) is 49.5. The first-order chi connectivity index (χ1) is 7.69. The molecule has 0 aromatic carbocycles. The molecule has 0 atom stereocenters. The van der Waals surface area contributed by atoms with Crippen LogP contribution in [0.1, 0.15) is 0 Å². The Kier molecular flexibility index (Phi) is 53.6. The van der Waals surface area contributed by atoms with Gasteiger partial charge in [-0.15, -0.1) is 13.2 Å². The van der Waals surface area contributed by atoms with E-state index in [2.05, 4.69) is 13.2 Å². The monoisotopic (exact) mass is 348 g/mol. The molecule has 18 heavy (non-hydrogen) atoms. The second-order valence-electron chi connectivity index (χ2n) is 2.45. The minimum atomic E-state index is -1.20. The maximum absolute atomic E-state index is 8.25. The predicted molar refractivity (Wildman–Crippen MR) is 70.4 cm³/mol. The maximum atomic E-state index is 8.25. The molecule has 0 unspecified atom stereocenters. The Bertz CT molecular complexity index is 96.7. The van der Waals surface area contributed by atoms with Crippen molar-refractivity contribution >= 4 is 15.8 Å². The van der Waals surface area contributed by atoms with Gasteiger partial charge in [-0.25, -0.2) is 0 Å². The highest BCUT2D eigenvalue weighted by Crippen LogP contribution is 2.29. The normalized spacial score (nSPS) is 8.22. The summed E-state index contributed by atoms with van der Waals surface area (Å²) in [6.07, 6.45) is -0.264. The van der Waals surface area contributed by atoms with Gasteiger partial charge >= 0.3 is 0 Å². The molecule has 0 amide bonds. The first-order valence-electron chi connectivity index (χ1n) is 4.52. The Balaban J connectivity index is -0.0000000500. The van der Waals surface area contributed by atoms with E-state index in [1.165, 1.54) is 0 Å². The summed E-state index contributed by atoms with van der Waals surface area (Å²) in [6, 6.07) is 0. The molecule has 6 N–H and O–H groups in total. The van der Waals surface area contributed by atoms with Gasteiger partial charge in [0.1, 0.15) is 0 Å². The van der Waals surface area contributed by atoms with Gasteiger partial charge < -0.3 is 55.5 Å². The standard InChI is InChI=1S/2C3H9O3P.C2H4.2ClH/c2*4-1-7(2-5)3-6;1-2;;/h2*4-6H,1-3H2;1-2H2;2*1H. The number of rotatable bonds is 6. The van der Waals surface area contributed by atoms with Crippen molar-refractivity contribution in [1.29, 1.82) is 0 Å². The SMILES string of the molecule is C=C.OC[PH+](CO)CO.OC[PH+](CO)CO.[Cl-].[Cl-]. The van der Waals surface area contributed by atoms with Crippen LogP contribution in [0, 0.1) is 0 Å². The van der Waals surface area contributed by atoms with Crippen molar-refractivity contribution in [3.8, 4) is 0 Å². The zero-order chi connectivity index (χ0) is 13.4. The first kappa shape index (κ1) is 31.4. The fourth-order valence-corrected chi connectivity index (χ4v) is 0.900. The summed E-state index contributed by atoms with van der Waals surface area (Å²) in [7, 11) is -2.39. The van der Waals surface area contributed by atoms with E-state index in [-0.39, 0.29) is 62.9 Å². The summed E-state index contributed by atoms with van der Waals surface area (Å²) in [6.45, 7) is 6.00. The fraction of sp³-hybridized carbons (Fsp3) is 0.750. The quantitative estimate of drug-likeness (QED) is 0.209. The molecular weight excluding hydrogens is 325 g/mol. The lowest BCUT2D eigenvalue weighted by atomic mass is 11.3. The van der Waals surface area contributed by atoms with E-state index >= 15 is 0 Å². The predicted octanol–water partition coefficient (Wildman–Crippen LogP) is -7.09. The molecule has 0 rings (SSSR count). The molecule has 0 heterocycles. The van der Waals surface area contributed by atoms with Crippen LogP contribution in [0.5, 0.6) is 0 Å². The third-order valence-corrected chi connectivity index (χ3v) is 4.02. The van der Waals surface area contributed by atoms with Gasteiger partial charge in [-0.3, -0.25) is 0 Å². The molecule has 0 fully saturated rings. The summed E-state index contributed by atoms with van der Waals surface area (Å²) >= 11 is 0. The highest BCUT2D eigenvalue weighted by Gasteiger charge is 2.08. The van der Waals surface area contributed by atoms with E-state index in [9.17, 15) is 0 Å². The molecule has 0 aliphatic carbocycles. The highest BCUT2D eigenvalue weighted by molar-refractivity contribution is 7.57. The van der Waals surface area contributed by atoms with Crippen LogP contribution in [0.4, 0.5) is 0 Å². The minimum absolute atomic E-state index is 0. The van der Waals surface area contributed by atoms with E-state index in [1.807, 2.05) is 0 Å². The average molecular weight is 349 g/mol. The molecule has 0 bridgehead atoms. The largest absolute Gasteiger partial charge is 1.00 e. The first-order valence-corrected chi connectivity index (χ1v) is 8.76. The topological polar surface area (TPSA) is 121 Å². The van der Waals surface area contributed by atoms with Gasteiger partial charge in [0.15, 0.2) is 38.1 Å². The van der Waals surface area contributed by atoms with Crippen LogP contribution in [-0.4, -0.2) is 68.7 Å². The van der Waals surface area contributed by atoms with Crippen LogP contribution in [0.25, 0.3) is 0 Å². The smallest absolute Gasteiger partial charge is 0.156 e. The van der Waals surface area contributed by atoms with Gasteiger partial charge in [-0.1, -0.05) is 0 Å². The van der Waals surface area contributed by atoms with Crippen LogP contribution in [0.15, 0.2) is 13.2 Å². The Morgan fingerprint density at radius 2 is 0.611 bits per heavy atom. The molecule has 0 spiro atoms. The minimum Gasteiger partial charge on any atom is -1.00 e. The van der Waals surface area contributed by atoms with E-state index in [4.69, 9.17) is 30.6 Å². The Morgan fingerprint density at radius 1 is 0.500 bits per heavy atom. The van der Waals surface area contributed by atoms with Crippen LogP contribution < -0.4 is 24.8 Å². The molecule has 0 aromatic heterocycles. The summed E-state index contributed by atoms with van der Waals surface area (Å²) in [4.78, 5) is 0. The number of aliphatic hydroxyl groups excluding tert-OH is 6. The molecule has 116 valence electrons. The summed E-state index contributed by atoms with van der Waals surface area (Å²) in [5.74, 6) is 0.